The molecule has 0 spiro atoms. The molecule has 2 fully saturated rings. The summed E-state index contributed by atoms with van der Waals surface area (Å²) < 4.78 is 66.6. The van der Waals surface area contributed by atoms with Gasteiger partial charge in [0.25, 0.3) is 0 Å². The first kappa shape index (κ1) is 39.6. The van der Waals surface area contributed by atoms with Gasteiger partial charge in [-0.15, -0.1) is 0 Å². The lowest BCUT2D eigenvalue weighted by Crippen LogP contribution is -2.61. The third-order valence-electron chi connectivity index (χ3n) is 11.1. The molecule has 0 radical (unpaired) electrons. The maximum Gasteiger partial charge on any atom is 0.304 e. The number of benzene rings is 6. The zero-order valence-corrected chi connectivity index (χ0v) is 32.9. The van der Waals surface area contributed by atoms with E-state index in [9.17, 15) is 0 Å². The highest BCUT2D eigenvalue weighted by Gasteiger charge is 2.60. The fraction of sp³-hybridized carbons (Fsp3) is 0.294. The van der Waals surface area contributed by atoms with E-state index in [0.29, 0.717) is 23.7 Å². The highest BCUT2D eigenvalue weighted by Crippen LogP contribution is 2.47. The van der Waals surface area contributed by atoms with Gasteiger partial charge in [0.05, 0.1) is 26.4 Å². The molecular formula is C51H50F2O5. The van der Waals surface area contributed by atoms with Crippen molar-refractivity contribution in [3.63, 3.8) is 0 Å². The van der Waals surface area contributed by atoms with Crippen LogP contribution >= 0.6 is 0 Å². The topological polar surface area (TPSA) is 46.2 Å². The minimum atomic E-state index is -3.49. The molecule has 6 aromatic carbocycles. The summed E-state index contributed by atoms with van der Waals surface area (Å²) in [5.41, 5.74) is 8.73. The van der Waals surface area contributed by atoms with E-state index in [1.54, 1.807) is 0 Å². The van der Waals surface area contributed by atoms with Crippen molar-refractivity contribution in [1.82, 2.24) is 0 Å². The minimum absolute atomic E-state index is 0.0377. The maximum absolute atomic E-state index is 17.2. The summed E-state index contributed by atoms with van der Waals surface area (Å²) >= 11 is 0. The van der Waals surface area contributed by atoms with Gasteiger partial charge >= 0.3 is 5.92 Å². The van der Waals surface area contributed by atoms with Gasteiger partial charge in [-0.25, -0.2) is 8.78 Å². The van der Waals surface area contributed by atoms with E-state index in [-0.39, 0.29) is 33.0 Å². The van der Waals surface area contributed by atoms with Crippen molar-refractivity contribution in [2.75, 3.05) is 6.61 Å². The summed E-state index contributed by atoms with van der Waals surface area (Å²) in [4.78, 5) is 0. The molecule has 1 aliphatic heterocycles. The first-order valence-electron chi connectivity index (χ1n) is 20.3. The summed E-state index contributed by atoms with van der Waals surface area (Å²) in [6.07, 6.45) is -2.43. The van der Waals surface area contributed by atoms with E-state index in [0.717, 1.165) is 33.4 Å². The number of hydrogen-bond acceptors (Lipinski definition) is 5. The number of rotatable bonds is 17. The Bertz CT molecular complexity index is 2180. The van der Waals surface area contributed by atoms with Gasteiger partial charge in [-0.05, 0) is 88.7 Å². The van der Waals surface area contributed by atoms with Gasteiger partial charge in [-0.1, -0.05) is 146 Å². The van der Waals surface area contributed by atoms with Crippen LogP contribution in [-0.2, 0) is 51.8 Å². The average Bonchev–Trinajstić information content (AvgIpc) is 4.11. The molecule has 0 amide bonds. The molecule has 0 unspecified atom stereocenters. The standard InChI is InChI=1S/C51H50F2O5/c1-36-28-46(55-32-39-16-8-3-9-17-39)45(30-44(36)29-37-22-24-42(25-23-37)43-26-27-43)48-49(56-33-40-18-10-4-11-19-40)50(57-34-41-20-12-5-13-21-41)51(52,53)47(58-48)35-54-31-38-14-6-2-7-15-38/h2-25,28,30,43,47-50H,26-27,29,31-35H2,1H3/t47-,48+,49+,50-/m1/s1. The van der Waals surface area contributed by atoms with Gasteiger partial charge in [0.15, 0.2) is 6.10 Å². The highest BCUT2D eigenvalue weighted by atomic mass is 19.3. The zero-order valence-electron chi connectivity index (χ0n) is 32.9. The van der Waals surface area contributed by atoms with Gasteiger partial charge in [-0.3, -0.25) is 0 Å². The van der Waals surface area contributed by atoms with Crippen molar-refractivity contribution in [3.8, 4) is 5.75 Å². The number of hydrogen-bond donors (Lipinski definition) is 0. The van der Waals surface area contributed by atoms with Crippen LogP contribution in [0.2, 0.25) is 0 Å². The van der Waals surface area contributed by atoms with Gasteiger partial charge in [-0.2, -0.15) is 0 Å². The molecule has 0 N–H and O–H groups in total. The molecule has 8 rings (SSSR count). The summed E-state index contributed by atoms with van der Waals surface area (Å²) in [5.74, 6) is -2.28. The Kier molecular flexibility index (Phi) is 12.7. The highest BCUT2D eigenvalue weighted by molar-refractivity contribution is 5.47. The molecular weight excluding hydrogens is 731 g/mol. The predicted octanol–water partition coefficient (Wildman–Crippen LogP) is 11.5. The van der Waals surface area contributed by atoms with Crippen LogP contribution in [0.4, 0.5) is 8.78 Å². The monoisotopic (exact) mass is 780 g/mol. The minimum Gasteiger partial charge on any atom is -0.489 e. The van der Waals surface area contributed by atoms with Gasteiger partial charge < -0.3 is 23.7 Å². The normalized spacial score (nSPS) is 20.1. The molecule has 0 aromatic heterocycles. The smallest absolute Gasteiger partial charge is 0.304 e. The van der Waals surface area contributed by atoms with E-state index < -0.39 is 30.3 Å². The third-order valence-corrected chi connectivity index (χ3v) is 11.1. The van der Waals surface area contributed by atoms with E-state index in [1.807, 2.05) is 127 Å². The van der Waals surface area contributed by atoms with Crippen molar-refractivity contribution < 1.29 is 32.5 Å². The van der Waals surface area contributed by atoms with E-state index in [4.69, 9.17) is 23.7 Å². The molecule has 1 heterocycles. The molecule has 1 saturated carbocycles. The van der Waals surface area contributed by atoms with Gasteiger partial charge in [0.2, 0.25) is 0 Å². The molecule has 1 saturated heterocycles. The summed E-state index contributed by atoms with van der Waals surface area (Å²) in [5, 5.41) is 0. The lowest BCUT2D eigenvalue weighted by atomic mass is 9.87. The maximum atomic E-state index is 17.2. The first-order chi connectivity index (χ1) is 28.4. The predicted molar refractivity (Wildman–Crippen MR) is 222 cm³/mol. The van der Waals surface area contributed by atoms with E-state index in [1.165, 1.54) is 24.0 Å². The third kappa shape index (κ3) is 9.91. The Balaban J connectivity index is 1.19. The lowest BCUT2D eigenvalue weighted by molar-refractivity contribution is -0.320. The quantitative estimate of drug-likeness (QED) is 0.0922. The molecule has 0 bridgehead atoms. The second kappa shape index (κ2) is 18.6. The molecule has 7 heteroatoms. The molecule has 298 valence electrons. The zero-order chi connectivity index (χ0) is 39.7. The van der Waals surface area contributed by atoms with Crippen molar-refractivity contribution in [2.24, 2.45) is 0 Å². The Morgan fingerprint density at radius 3 is 1.71 bits per heavy atom. The molecule has 1 aliphatic carbocycles. The fourth-order valence-corrected chi connectivity index (χ4v) is 7.64. The Hall–Kier alpha value is -5.18. The van der Waals surface area contributed by atoms with Crippen LogP contribution in [-0.4, -0.2) is 30.8 Å². The number of ether oxygens (including phenoxy) is 5. The Labute approximate surface area is 340 Å². The van der Waals surface area contributed by atoms with Crippen LogP contribution in [0.3, 0.4) is 0 Å². The summed E-state index contributed by atoms with van der Waals surface area (Å²) in [6.45, 7) is 2.19. The second-order valence-electron chi connectivity index (χ2n) is 15.5. The van der Waals surface area contributed by atoms with Gasteiger partial charge in [0.1, 0.15) is 30.7 Å². The lowest BCUT2D eigenvalue weighted by Gasteiger charge is -2.46. The first-order valence-corrected chi connectivity index (χ1v) is 20.3. The molecule has 4 atom stereocenters. The van der Waals surface area contributed by atoms with Crippen LogP contribution < -0.4 is 4.74 Å². The van der Waals surface area contributed by atoms with Crippen molar-refractivity contribution in [1.29, 1.82) is 0 Å². The second-order valence-corrected chi connectivity index (χ2v) is 15.5. The van der Waals surface area contributed by atoms with Crippen LogP contribution in [0.15, 0.2) is 158 Å². The van der Waals surface area contributed by atoms with Crippen LogP contribution in [0.25, 0.3) is 0 Å². The van der Waals surface area contributed by atoms with Crippen LogP contribution in [0, 0.1) is 6.92 Å². The van der Waals surface area contributed by atoms with E-state index in [2.05, 4.69) is 37.3 Å². The number of aryl methyl sites for hydroxylation is 1. The average molecular weight is 781 g/mol. The van der Waals surface area contributed by atoms with Gasteiger partial charge in [0, 0.05) is 5.56 Å². The van der Waals surface area contributed by atoms with Crippen LogP contribution in [0.5, 0.6) is 5.75 Å². The van der Waals surface area contributed by atoms with Crippen molar-refractivity contribution in [2.45, 2.75) is 88.9 Å². The van der Waals surface area contributed by atoms with Crippen LogP contribution in [0.1, 0.15) is 74.9 Å². The molecule has 6 aromatic rings. The fourth-order valence-electron chi connectivity index (χ4n) is 7.64. The largest absolute Gasteiger partial charge is 0.489 e. The molecule has 2 aliphatic rings. The van der Waals surface area contributed by atoms with E-state index >= 15 is 8.78 Å². The Morgan fingerprint density at radius 1 is 0.603 bits per heavy atom. The summed E-state index contributed by atoms with van der Waals surface area (Å²) in [7, 11) is 0. The number of alkyl halides is 2. The van der Waals surface area contributed by atoms with Crippen molar-refractivity contribution in [3.05, 3.63) is 208 Å². The number of halogens is 2. The Morgan fingerprint density at radius 2 is 1.14 bits per heavy atom. The van der Waals surface area contributed by atoms with Crippen molar-refractivity contribution >= 4 is 0 Å². The molecule has 58 heavy (non-hydrogen) atoms. The molecule has 5 nitrogen and oxygen atoms in total. The summed E-state index contributed by atoms with van der Waals surface area (Å²) in [6, 6.07) is 51.3. The SMILES string of the molecule is Cc1cc(OCc2ccccc2)c([C@@H]2O[C@H](COCc3ccccc3)C(F)(F)[C@H](OCc3ccccc3)[C@H]2OCc2ccccc2)cc1Cc1ccc(C2CC2)cc1.